The maximum atomic E-state index is 10.6. The molecule has 0 aliphatic rings. The molecule has 1 unspecified atom stereocenters. The van der Waals surface area contributed by atoms with Gasteiger partial charge in [-0.2, -0.15) is 0 Å². The Hall–Kier alpha value is -1.12. The summed E-state index contributed by atoms with van der Waals surface area (Å²) >= 11 is 0. The molecule has 0 aromatic carbocycles. The summed E-state index contributed by atoms with van der Waals surface area (Å²) in [5, 5.41) is 0. The van der Waals surface area contributed by atoms with Gasteiger partial charge in [-0.25, -0.2) is 4.98 Å². The van der Waals surface area contributed by atoms with Gasteiger partial charge < -0.3 is 4.57 Å². The second-order valence-corrected chi connectivity index (χ2v) is 3.82. The SMILES string of the molecule is CC(C)CC(C)n1cncc1C=O. The Labute approximate surface area is 78.8 Å². The highest BCUT2D eigenvalue weighted by Crippen LogP contribution is 2.17. The molecule has 0 saturated heterocycles. The lowest BCUT2D eigenvalue weighted by Crippen LogP contribution is -2.09. The van der Waals surface area contributed by atoms with Crippen LogP contribution in [0.5, 0.6) is 0 Å². The van der Waals surface area contributed by atoms with Crippen LogP contribution in [0.15, 0.2) is 12.5 Å². The molecule has 1 aromatic rings. The van der Waals surface area contributed by atoms with E-state index in [-0.39, 0.29) is 0 Å². The lowest BCUT2D eigenvalue weighted by Gasteiger charge is -2.16. The number of aldehydes is 1. The minimum absolute atomic E-state index is 0.350. The van der Waals surface area contributed by atoms with Gasteiger partial charge in [0, 0.05) is 6.04 Å². The fourth-order valence-electron chi connectivity index (χ4n) is 1.57. The predicted octanol–water partition coefficient (Wildman–Crippen LogP) is 2.30. The minimum atomic E-state index is 0.350. The van der Waals surface area contributed by atoms with Crippen molar-refractivity contribution in [2.24, 2.45) is 5.92 Å². The van der Waals surface area contributed by atoms with E-state index in [1.165, 1.54) is 0 Å². The first-order valence-corrected chi connectivity index (χ1v) is 4.62. The predicted molar refractivity (Wildman–Crippen MR) is 51.8 cm³/mol. The first-order valence-electron chi connectivity index (χ1n) is 4.62. The number of imidazole rings is 1. The van der Waals surface area contributed by atoms with Gasteiger partial charge in [-0.05, 0) is 19.3 Å². The van der Waals surface area contributed by atoms with E-state index in [0.717, 1.165) is 12.7 Å². The molecule has 72 valence electrons. The summed E-state index contributed by atoms with van der Waals surface area (Å²) in [4.78, 5) is 14.6. The van der Waals surface area contributed by atoms with Crippen molar-refractivity contribution in [3.05, 3.63) is 18.2 Å². The minimum Gasteiger partial charge on any atom is -0.326 e. The molecule has 0 spiro atoms. The van der Waals surface area contributed by atoms with Gasteiger partial charge in [0.1, 0.15) is 5.69 Å². The van der Waals surface area contributed by atoms with E-state index in [1.54, 1.807) is 12.5 Å². The van der Waals surface area contributed by atoms with Gasteiger partial charge in [0.2, 0.25) is 0 Å². The molecule has 1 aromatic heterocycles. The highest BCUT2D eigenvalue weighted by atomic mass is 16.1. The molecular formula is C10H16N2O. The van der Waals surface area contributed by atoms with Crippen LogP contribution in [0.4, 0.5) is 0 Å². The summed E-state index contributed by atoms with van der Waals surface area (Å²) in [5.74, 6) is 0.636. The number of rotatable bonds is 4. The largest absolute Gasteiger partial charge is 0.326 e. The molecular weight excluding hydrogens is 164 g/mol. The lowest BCUT2D eigenvalue weighted by molar-refractivity contribution is 0.111. The van der Waals surface area contributed by atoms with Crippen molar-refractivity contribution in [3.8, 4) is 0 Å². The summed E-state index contributed by atoms with van der Waals surface area (Å²) in [6.45, 7) is 6.46. The van der Waals surface area contributed by atoms with Gasteiger partial charge in [0.15, 0.2) is 6.29 Å². The Morgan fingerprint density at radius 1 is 1.54 bits per heavy atom. The van der Waals surface area contributed by atoms with Crippen LogP contribution in [0, 0.1) is 5.92 Å². The van der Waals surface area contributed by atoms with Gasteiger partial charge in [-0.15, -0.1) is 0 Å². The van der Waals surface area contributed by atoms with Crippen LogP contribution in [0.2, 0.25) is 0 Å². The van der Waals surface area contributed by atoms with Crippen LogP contribution in [-0.4, -0.2) is 15.8 Å². The molecule has 3 nitrogen and oxygen atoms in total. The van der Waals surface area contributed by atoms with E-state index in [2.05, 4.69) is 25.8 Å². The standard InChI is InChI=1S/C10H16N2O/c1-8(2)4-9(3)12-7-11-5-10(12)6-13/h5-9H,4H2,1-3H3. The molecule has 0 aliphatic carbocycles. The molecule has 0 N–H and O–H groups in total. The summed E-state index contributed by atoms with van der Waals surface area (Å²) < 4.78 is 1.92. The van der Waals surface area contributed by atoms with E-state index in [0.29, 0.717) is 17.7 Å². The molecule has 3 heteroatoms. The van der Waals surface area contributed by atoms with Crippen molar-refractivity contribution in [2.45, 2.75) is 33.2 Å². The second kappa shape index (κ2) is 4.21. The summed E-state index contributed by atoms with van der Waals surface area (Å²) in [7, 11) is 0. The van der Waals surface area contributed by atoms with Crippen LogP contribution >= 0.6 is 0 Å². The second-order valence-electron chi connectivity index (χ2n) is 3.82. The first-order chi connectivity index (χ1) is 6.15. The summed E-state index contributed by atoms with van der Waals surface area (Å²) in [6.07, 6.45) is 5.24. The van der Waals surface area contributed by atoms with Crippen molar-refractivity contribution in [1.82, 2.24) is 9.55 Å². The Morgan fingerprint density at radius 2 is 2.23 bits per heavy atom. The molecule has 0 bridgehead atoms. The Bertz CT molecular complexity index is 278. The van der Waals surface area contributed by atoms with Crippen molar-refractivity contribution in [3.63, 3.8) is 0 Å². The Kier molecular flexibility index (Phi) is 3.23. The van der Waals surface area contributed by atoms with Crippen molar-refractivity contribution >= 4 is 6.29 Å². The zero-order valence-corrected chi connectivity index (χ0v) is 8.40. The average molecular weight is 180 g/mol. The van der Waals surface area contributed by atoms with Gasteiger partial charge in [0.05, 0.1) is 12.5 Å². The first kappa shape index (κ1) is 9.96. The number of nitrogens with zero attached hydrogens (tertiary/aromatic N) is 2. The third kappa shape index (κ3) is 2.41. The fraction of sp³-hybridized carbons (Fsp3) is 0.600. The maximum Gasteiger partial charge on any atom is 0.168 e. The van der Waals surface area contributed by atoms with Crippen molar-refractivity contribution in [1.29, 1.82) is 0 Å². The van der Waals surface area contributed by atoms with Crippen LogP contribution in [0.1, 0.15) is 43.7 Å². The normalized spacial score (nSPS) is 13.2. The Balaban J connectivity index is 2.75. The number of hydrogen-bond donors (Lipinski definition) is 0. The molecule has 13 heavy (non-hydrogen) atoms. The van der Waals surface area contributed by atoms with Crippen LogP contribution in [0.25, 0.3) is 0 Å². The Morgan fingerprint density at radius 3 is 2.77 bits per heavy atom. The third-order valence-corrected chi connectivity index (χ3v) is 2.10. The van der Waals surface area contributed by atoms with E-state index < -0.39 is 0 Å². The van der Waals surface area contributed by atoms with Crippen LogP contribution < -0.4 is 0 Å². The topological polar surface area (TPSA) is 34.9 Å². The van der Waals surface area contributed by atoms with Crippen molar-refractivity contribution in [2.75, 3.05) is 0 Å². The van der Waals surface area contributed by atoms with E-state index >= 15 is 0 Å². The fourth-order valence-corrected chi connectivity index (χ4v) is 1.57. The summed E-state index contributed by atoms with van der Waals surface area (Å²) in [6, 6.07) is 0.350. The zero-order chi connectivity index (χ0) is 9.84. The lowest BCUT2D eigenvalue weighted by atomic mass is 10.1. The zero-order valence-electron chi connectivity index (χ0n) is 8.40. The molecule has 0 fully saturated rings. The quantitative estimate of drug-likeness (QED) is 0.666. The van der Waals surface area contributed by atoms with Crippen molar-refractivity contribution < 1.29 is 4.79 Å². The molecule has 0 amide bonds. The molecule has 0 aliphatic heterocycles. The van der Waals surface area contributed by atoms with Gasteiger partial charge >= 0.3 is 0 Å². The molecule has 1 rings (SSSR count). The van der Waals surface area contributed by atoms with Crippen LogP contribution in [0.3, 0.4) is 0 Å². The molecule has 1 heterocycles. The molecule has 0 radical (unpaired) electrons. The number of carbonyl (C=O) groups excluding carboxylic acids is 1. The summed E-state index contributed by atoms with van der Waals surface area (Å²) in [5.41, 5.74) is 0.660. The highest BCUT2D eigenvalue weighted by molar-refractivity contribution is 5.71. The van der Waals surface area contributed by atoms with Crippen LogP contribution in [-0.2, 0) is 0 Å². The monoisotopic (exact) mass is 180 g/mol. The number of hydrogen-bond acceptors (Lipinski definition) is 2. The maximum absolute atomic E-state index is 10.6. The molecule has 0 saturated carbocycles. The number of carbonyl (C=O) groups is 1. The van der Waals surface area contributed by atoms with Gasteiger partial charge in [0.25, 0.3) is 0 Å². The van der Waals surface area contributed by atoms with Gasteiger partial charge in [-0.1, -0.05) is 13.8 Å². The van der Waals surface area contributed by atoms with E-state index in [9.17, 15) is 4.79 Å². The highest BCUT2D eigenvalue weighted by Gasteiger charge is 2.09. The molecule has 1 atom stereocenters. The van der Waals surface area contributed by atoms with E-state index in [1.807, 2.05) is 4.57 Å². The number of aromatic nitrogens is 2. The van der Waals surface area contributed by atoms with Gasteiger partial charge in [-0.3, -0.25) is 4.79 Å². The third-order valence-electron chi connectivity index (χ3n) is 2.10. The average Bonchev–Trinajstić information content (AvgIpc) is 2.49. The smallest absolute Gasteiger partial charge is 0.168 e. The van der Waals surface area contributed by atoms with E-state index in [4.69, 9.17) is 0 Å².